The molecule has 0 N–H and O–H groups in total. The zero-order valence-corrected chi connectivity index (χ0v) is 10.2. The first-order chi connectivity index (χ1) is 5.21. The molecular formula is C12H26. The Balaban J connectivity index is 0. The van der Waals surface area contributed by atoms with Gasteiger partial charge in [0.2, 0.25) is 0 Å². The standard InChI is InChI=1S/C10H20.C2H6/c1-9(2,3)7-8-10(4,5)6;1-2/h7-8H,1-6H3;1-2H3. The summed E-state index contributed by atoms with van der Waals surface area (Å²) in [6.45, 7) is 17.3. The summed E-state index contributed by atoms with van der Waals surface area (Å²) in [5.74, 6) is 0. The van der Waals surface area contributed by atoms with Gasteiger partial charge in [-0.3, -0.25) is 0 Å². The zero-order chi connectivity index (χ0) is 10.4. The number of rotatable bonds is 0. The maximum Gasteiger partial charge on any atom is -0.0203 e. The van der Waals surface area contributed by atoms with Crippen LogP contribution in [0.5, 0.6) is 0 Å². The maximum absolute atomic E-state index is 2.27. The summed E-state index contributed by atoms with van der Waals surface area (Å²) in [5, 5.41) is 0. The van der Waals surface area contributed by atoms with Crippen molar-refractivity contribution in [2.75, 3.05) is 0 Å². The van der Waals surface area contributed by atoms with Crippen LogP contribution < -0.4 is 0 Å². The summed E-state index contributed by atoms with van der Waals surface area (Å²) in [7, 11) is 0. The molecule has 0 fully saturated rings. The first-order valence-corrected chi connectivity index (χ1v) is 4.91. The SMILES string of the molecule is CC.CC(C)(C)C=CC(C)(C)C. The van der Waals surface area contributed by atoms with E-state index in [1.165, 1.54) is 0 Å². The van der Waals surface area contributed by atoms with E-state index in [1.54, 1.807) is 0 Å². The van der Waals surface area contributed by atoms with Crippen molar-refractivity contribution >= 4 is 0 Å². The van der Waals surface area contributed by atoms with E-state index in [0.717, 1.165) is 0 Å². The molecule has 0 aromatic carbocycles. The number of allylic oxidation sites excluding steroid dienone is 2. The second kappa shape index (κ2) is 5.40. The van der Waals surface area contributed by atoms with Gasteiger partial charge >= 0.3 is 0 Å². The molecule has 0 spiro atoms. The third kappa shape index (κ3) is 16.4. The first-order valence-electron chi connectivity index (χ1n) is 4.91. The number of hydrogen-bond donors (Lipinski definition) is 0. The van der Waals surface area contributed by atoms with Crippen LogP contribution in [0.4, 0.5) is 0 Å². The van der Waals surface area contributed by atoms with Gasteiger partial charge in [-0.15, -0.1) is 0 Å². The van der Waals surface area contributed by atoms with Gasteiger partial charge in [-0.05, 0) is 10.8 Å². The van der Waals surface area contributed by atoms with Crippen molar-refractivity contribution in [1.82, 2.24) is 0 Å². The zero-order valence-electron chi connectivity index (χ0n) is 10.2. The smallest absolute Gasteiger partial charge is 0.0203 e. The van der Waals surface area contributed by atoms with Crippen LogP contribution in [-0.4, -0.2) is 0 Å². The molecule has 0 saturated heterocycles. The third-order valence-corrected chi connectivity index (χ3v) is 1.08. The molecule has 0 atom stereocenters. The lowest BCUT2D eigenvalue weighted by Crippen LogP contribution is -2.04. The Morgan fingerprint density at radius 2 is 0.750 bits per heavy atom. The summed E-state index contributed by atoms with van der Waals surface area (Å²) in [5.41, 5.74) is 0.653. The summed E-state index contributed by atoms with van der Waals surface area (Å²) < 4.78 is 0. The Labute approximate surface area is 79.1 Å². The molecule has 12 heavy (non-hydrogen) atoms. The van der Waals surface area contributed by atoms with Gasteiger partial charge < -0.3 is 0 Å². The van der Waals surface area contributed by atoms with Crippen molar-refractivity contribution in [1.29, 1.82) is 0 Å². The average Bonchev–Trinajstić information content (AvgIpc) is 1.86. The minimum Gasteiger partial charge on any atom is -0.0826 e. The van der Waals surface area contributed by atoms with Gasteiger partial charge in [0.15, 0.2) is 0 Å². The maximum atomic E-state index is 2.27. The Hall–Kier alpha value is -0.260. The molecule has 0 aliphatic carbocycles. The Morgan fingerprint density at radius 1 is 0.583 bits per heavy atom. The fourth-order valence-electron chi connectivity index (χ4n) is 0.500. The van der Waals surface area contributed by atoms with Crippen LogP contribution in [0.1, 0.15) is 55.4 Å². The van der Waals surface area contributed by atoms with E-state index in [2.05, 4.69) is 53.7 Å². The molecule has 0 aliphatic heterocycles. The third-order valence-electron chi connectivity index (χ3n) is 1.08. The highest BCUT2D eigenvalue weighted by Crippen LogP contribution is 2.21. The van der Waals surface area contributed by atoms with Crippen molar-refractivity contribution in [2.24, 2.45) is 10.8 Å². The summed E-state index contributed by atoms with van der Waals surface area (Å²) >= 11 is 0. The Morgan fingerprint density at radius 3 is 0.833 bits per heavy atom. The van der Waals surface area contributed by atoms with Crippen LogP contribution in [0.2, 0.25) is 0 Å². The molecule has 0 bridgehead atoms. The molecular weight excluding hydrogens is 144 g/mol. The molecule has 0 amide bonds. The van der Waals surface area contributed by atoms with Gasteiger partial charge in [-0.2, -0.15) is 0 Å². The lowest BCUT2D eigenvalue weighted by Gasteiger charge is -2.17. The molecule has 0 rings (SSSR count). The minimum atomic E-state index is 0.327. The van der Waals surface area contributed by atoms with Crippen LogP contribution in [0.15, 0.2) is 12.2 Å². The van der Waals surface area contributed by atoms with Gasteiger partial charge in [-0.1, -0.05) is 67.5 Å². The average molecular weight is 170 g/mol. The molecule has 0 heteroatoms. The highest BCUT2D eigenvalue weighted by atomic mass is 14.1. The topological polar surface area (TPSA) is 0 Å². The van der Waals surface area contributed by atoms with Gasteiger partial charge in [0.25, 0.3) is 0 Å². The quantitative estimate of drug-likeness (QED) is 0.464. The van der Waals surface area contributed by atoms with E-state index >= 15 is 0 Å². The monoisotopic (exact) mass is 170 g/mol. The van der Waals surface area contributed by atoms with Crippen LogP contribution in [0, 0.1) is 10.8 Å². The van der Waals surface area contributed by atoms with E-state index in [-0.39, 0.29) is 0 Å². The molecule has 74 valence electrons. The predicted octanol–water partition coefficient (Wildman–Crippen LogP) is 4.66. The normalized spacial score (nSPS) is 12.7. The van der Waals surface area contributed by atoms with E-state index in [0.29, 0.717) is 10.8 Å². The van der Waals surface area contributed by atoms with Crippen LogP contribution >= 0.6 is 0 Å². The number of hydrogen-bond acceptors (Lipinski definition) is 0. The van der Waals surface area contributed by atoms with E-state index in [9.17, 15) is 0 Å². The van der Waals surface area contributed by atoms with E-state index in [1.807, 2.05) is 13.8 Å². The predicted molar refractivity (Wildman–Crippen MR) is 59.4 cm³/mol. The fourth-order valence-corrected chi connectivity index (χ4v) is 0.500. The lowest BCUT2D eigenvalue weighted by atomic mass is 9.89. The molecule has 0 nitrogen and oxygen atoms in total. The van der Waals surface area contributed by atoms with Crippen molar-refractivity contribution in [3.63, 3.8) is 0 Å². The van der Waals surface area contributed by atoms with Crippen LogP contribution in [-0.2, 0) is 0 Å². The first kappa shape index (κ1) is 14.3. The fraction of sp³-hybridized carbons (Fsp3) is 0.833. The molecule has 0 aromatic rings. The van der Waals surface area contributed by atoms with E-state index in [4.69, 9.17) is 0 Å². The molecule has 0 aromatic heterocycles. The van der Waals surface area contributed by atoms with Crippen molar-refractivity contribution in [3.05, 3.63) is 12.2 Å². The largest absolute Gasteiger partial charge is 0.0826 e. The Kier molecular flexibility index (Phi) is 6.42. The van der Waals surface area contributed by atoms with Gasteiger partial charge in [-0.25, -0.2) is 0 Å². The van der Waals surface area contributed by atoms with Gasteiger partial charge in [0.05, 0.1) is 0 Å². The highest BCUT2D eigenvalue weighted by Gasteiger charge is 2.08. The molecule has 0 heterocycles. The minimum absolute atomic E-state index is 0.327. The molecule has 0 radical (unpaired) electrons. The highest BCUT2D eigenvalue weighted by molar-refractivity contribution is 4.98. The van der Waals surface area contributed by atoms with Crippen LogP contribution in [0.3, 0.4) is 0 Å². The second-order valence-corrected chi connectivity index (χ2v) is 5.07. The summed E-state index contributed by atoms with van der Waals surface area (Å²) in [4.78, 5) is 0. The molecule has 0 aliphatic rings. The summed E-state index contributed by atoms with van der Waals surface area (Å²) in [6.07, 6.45) is 4.54. The molecule has 0 unspecified atom stereocenters. The van der Waals surface area contributed by atoms with Crippen LogP contribution in [0.25, 0.3) is 0 Å². The van der Waals surface area contributed by atoms with Gasteiger partial charge in [0.1, 0.15) is 0 Å². The van der Waals surface area contributed by atoms with Crippen molar-refractivity contribution in [2.45, 2.75) is 55.4 Å². The van der Waals surface area contributed by atoms with E-state index < -0.39 is 0 Å². The Bertz CT molecular complexity index is 100.0. The van der Waals surface area contributed by atoms with Crippen molar-refractivity contribution < 1.29 is 0 Å². The summed E-state index contributed by atoms with van der Waals surface area (Å²) in [6, 6.07) is 0. The van der Waals surface area contributed by atoms with Crippen molar-refractivity contribution in [3.8, 4) is 0 Å². The van der Waals surface area contributed by atoms with Gasteiger partial charge in [0, 0.05) is 0 Å². The lowest BCUT2D eigenvalue weighted by molar-refractivity contribution is 0.502. The second-order valence-electron chi connectivity index (χ2n) is 5.07. The molecule has 0 saturated carbocycles.